The van der Waals surface area contributed by atoms with Gasteiger partial charge in [-0.3, -0.25) is 9.59 Å². The summed E-state index contributed by atoms with van der Waals surface area (Å²) >= 11 is 0. The number of hydrogen-bond donors (Lipinski definition) is 3. The zero-order valence-electron chi connectivity index (χ0n) is 14.5. The molecule has 3 N–H and O–H groups in total. The van der Waals surface area contributed by atoms with Crippen LogP contribution in [0.3, 0.4) is 0 Å². The van der Waals surface area contributed by atoms with Crippen LogP contribution >= 0.6 is 0 Å². The maximum Gasteiger partial charge on any atom is 0.279 e. The molecule has 22 heavy (non-hydrogen) atoms. The zero-order valence-corrected chi connectivity index (χ0v) is 14.5. The molecule has 0 saturated heterocycles. The van der Waals surface area contributed by atoms with E-state index < -0.39 is 0 Å². The number of aryl methyl sites for hydroxylation is 2. The van der Waals surface area contributed by atoms with E-state index in [2.05, 4.69) is 10.6 Å². The molecule has 5 nitrogen and oxygen atoms in total. The van der Waals surface area contributed by atoms with Crippen molar-refractivity contribution in [2.75, 3.05) is 25.5 Å². The highest BCUT2D eigenvalue weighted by Gasteiger charge is 2.18. The summed E-state index contributed by atoms with van der Waals surface area (Å²) in [4.78, 5) is 24.7. The van der Waals surface area contributed by atoms with Crippen molar-refractivity contribution in [1.29, 1.82) is 0 Å². The minimum Gasteiger partial charge on any atom is -0.347 e. The fourth-order valence-corrected chi connectivity index (χ4v) is 2.10. The highest BCUT2D eigenvalue weighted by Crippen LogP contribution is 2.13. The number of likely N-dealkylation sites (N-methyl/N-ethyl adjacent to an activating group) is 1. The Morgan fingerprint density at radius 3 is 2.18 bits per heavy atom. The molecule has 0 spiro atoms. The lowest BCUT2D eigenvalue weighted by molar-refractivity contribution is -0.862. The Balaban J connectivity index is 2.47. The van der Waals surface area contributed by atoms with Crippen molar-refractivity contribution in [2.24, 2.45) is 0 Å². The molecule has 5 heteroatoms. The van der Waals surface area contributed by atoms with Crippen molar-refractivity contribution >= 4 is 17.5 Å². The average molecular weight is 306 g/mol. The SMILES string of the molecule is Cc1ccc(NC(=O)C[NH+](C)CC(=O)NC(C)(C)C)cc1C. The Morgan fingerprint density at radius 1 is 1.05 bits per heavy atom. The fraction of sp³-hybridized carbons (Fsp3) is 0.529. The lowest BCUT2D eigenvalue weighted by Crippen LogP contribution is -3.11. The van der Waals surface area contributed by atoms with Crippen LogP contribution in [0.15, 0.2) is 18.2 Å². The minimum atomic E-state index is -0.251. The van der Waals surface area contributed by atoms with Crippen LogP contribution in [0.1, 0.15) is 31.9 Å². The first kappa shape index (κ1) is 18.2. The van der Waals surface area contributed by atoms with Crippen LogP contribution in [0, 0.1) is 13.8 Å². The largest absolute Gasteiger partial charge is 0.347 e. The molecule has 0 aromatic heterocycles. The quantitative estimate of drug-likeness (QED) is 0.749. The number of rotatable bonds is 5. The maximum atomic E-state index is 12.0. The number of quaternary nitrogens is 1. The Kier molecular flexibility index (Phi) is 6.11. The summed E-state index contributed by atoms with van der Waals surface area (Å²) in [6, 6.07) is 5.83. The summed E-state index contributed by atoms with van der Waals surface area (Å²) < 4.78 is 0. The Hall–Kier alpha value is -1.88. The number of nitrogens with one attached hydrogen (secondary N) is 3. The second kappa shape index (κ2) is 7.40. The Labute approximate surface area is 133 Å². The average Bonchev–Trinajstić information content (AvgIpc) is 2.30. The molecule has 0 aliphatic heterocycles. The number of benzene rings is 1. The molecule has 0 fully saturated rings. The third-order valence-electron chi connectivity index (χ3n) is 3.23. The summed E-state index contributed by atoms with van der Waals surface area (Å²) in [6.07, 6.45) is 0. The monoisotopic (exact) mass is 306 g/mol. The summed E-state index contributed by atoms with van der Waals surface area (Å²) in [6.45, 7) is 10.4. The van der Waals surface area contributed by atoms with Crippen molar-refractivity contribution in [3.63, 3.8) is 0 Å². The van der Waals surface area contributed by atoms with Crippen molar-refractivity contribution in [2.45, 2.75) is 40.2 Å². The second-order valence-electron chi connectivity index (χ2n) is 6.96. The molecule has 0 saturated carbocycles. The molecule has 0 aliphatic carbocycles. The first-order chi connectivity index (χ1) is 10.1. The van der Waals surface area contributed by atoms with Crippen molar-refractivity contribution in [1.82, 2.24) is 5.32 Å². The molecule has 2 amide bonds. The molecule has 0 heterocycles. The van der Waals surface area contributed by atoms with E-state index >= 15 is 0 Å². The van der Waals surface area contributed by atoms with E-state index in [0.717, 1.165) is 16.2 Å². The standard InChI is InChI=1S/C17H27N3O2/c1-12-7-8-14(9-13(12)2)18-15(21)10-20(6)11-16(22)19-17(3,4)5/h7-9H,10-11H2,1-6H3,(H,18,21)(H,19,22)/p+1. The van der Waals surface area contributed by atoms with Gasteiger partial charge >= 0.3 is 0 Å². The summed E-state index contributed by atoms with van der Waals surface area (Å²) in [5.41, 5.74) is 2.88. The predicted octanol–water partition coefficient (Wildman–Crippen LogP) is 0.671. The van der Waals surface area contributed by atoms with Crippen LogP contribution in [0.5, 0.6) is 0 Å². The molecule has 122 valence electrons. The summed E-state index contributed by atoms with van der Waals surface area (Å²) in [5.74, 6) is -0.145. The lowest BCUT2D eigenvalue weighted by atomic mass is 10.1. The number of amides is 2. The van der Waals surface area contributed by atoms with Gasteiger partial charge in [-0.25, -0.2) is 0 Å². The predicted molar refractivity (Wildman–Crippen MR) is 89.1 cm³/mol. The highest BCUT2D eigenvalue weighted by molar-refractivity contribution is 5.91. The van der Waals surface area contributed by atoms with Gasteiger partial charge in [0.2, 0.25) is 0 Å². The molecular formula is C17H28N3O2+. The molecule has 1 atom stereocenters. The second-order valence-corrected chi connectivity index (χ2v) is 6.96. The van der Waals surface area contributed by atoms with Crippen LogP contribution in [0.2, 0.25) is 0 Å². The molecule has 0 radical (unpaired) electrons. The third-order valence-corrected chi connectivity index (χ3v) is 3.23. The van der Waals surface area contributed by atoms with Gasteiger partial charge in [-0.1, -0.05) is 6.07 Å². The van der Waals surface area contributed by atoms with Gasteiger partial charge in [-0.2, -0.15) is 0 Å². The van der Waals surface area contributed by atoms with Crippen LogP contribution in [0.25, 0.3) is 0 Å². The lowest BCUT2D eigenvalue weighted by Gasteiger charge is -2.21. The van der Waals surface area contributed by atoms with Gasteiger partial charge in [0.15, 0.2) is 13.1 Å². The number of carbonyl (C=O) groups excluding carboxylic acids is 2. The normalized spacial score (nSPS) is 12.6. The van der Waals surface area contributed by atoms with E-state index in [1.165, 1.54) is 5.56 Å². The first-order valence-corrected chi connectivity index (χ1v) is 7.56. The molecular weight excluding hydrogens is 278 g/mol. The minimum absolute atomic E-state index is 0.0519. The van der Waals surface area contributed by atoms with Crippen molar-refractivity contribution < 1.29 is 14.5 Å². The molecule has 1 aromatic rings. The van der Waals surface area contributed by atoms with Gasteiger partial charge in [-0.15, -0.1) is 0 Å². The fourth-order valence-electron chi connectivity index (χ4n) is 2.10. The van der Waals surface area contributed by atoms with E-state index in [1.54, 1.807) is 0 Å². The molecule has 0 bridgehead atoms. The van der Waals surface area contributed by atoms with Gasteiger partial charge in [-0.05, 0) is 57.9 Å². The maximum absolute atomic E-state index is 12.0. The summed E-state index contributed by atoms with van der Waals surface area (Å²) in [5, 5.41) is 5.77. The van der Waals surface area contributed by atoms with E-state index in [-0.39, 0.29) is 30.4 Å². The topological polar surface area (TPSA) is 62.6 Å². The molecule has 1 aromatic carbocycles. The zero-order chi connectivity index (χ0) is 16.9. The highest BCUT2D eigenvalue weighted by atomic mass is 16.2. The molecule has 0 aliphatic rings. The van der Waals surface area contributed by atoms with Gasteiger partial charge in [0.25, 0.3) is 11.8 Å². The number of anilines is 1. The van der Waals surface area contributed by atoms with Crippen molar-refractivity contribution in [3.05, 3.63) is 29.3 Å². The van der Waals surface area contributed by atoms with Gasteiger partial charge in [0, 0.05) is 11.2 Å². The summed E-state index contributed by atoms with van der Waals surface area (Å²) in [7, 11) is 1.84. The first-order valence-electron chi connectivity index (χ1n) is 7.56. The number of hydrogen-bond acceptors (Lipinski definition) is 2. The van der Waals surface area contributed by atoms with E-state index in [4.69, 9.17) is 0 Å². The van der Waals surface area contributed by atoms with Crippen LogP contribution in [-0.4, -0.2) is 37.5 Å². The van der Waals surface area contributed by atoms with Gasteiger partial charge in [0.1, 0.15) is 0 Å². The Bertz CT molecular complexity index is 547. The van der Waals surface area contributed by atoms with Crippen LogP contribution in [-0.2, 0) is 9.59 Å². The van der Waals surface area contributed by atoms with Crippen LogP contribution in [0.4, 0.5) is 5.69 Å². The van der Waals surface area contributed by atoms with Gasteiger partial charge < -0.3 is 15.5 Å². The van der Waals surface area contributed by atoms with E-state index in [9.17, 15) is 9.59 Å². The molecule has 1 unspecified atom stereocenters. The smallest absolute Gasteiger partial charge is 0.279 e. The van der Waals surface area contributed by atoms with E-state index in [1.807, 2.05) is 59.9 Å². The number of carbonyl (C=O) groups is 2. The third kappa shape index (κ3) is 6.72. The Morgan fingerprint density at radius 2 is 1.64 bits per heavy atom. The van der Waals surface area contributed by atoms with Gasteiger partial charge in [0.05, 0.1) is 7.05 Å². The van der Waals surface area contributed by atoms with E-state index in [0.29, 0.717) is 0 Å². The molecule has 1 rings (SSSR count). The van der Waals surface area contributed by atoms with Crippen molar-refractivity contribution in [3.8, 4) is 0 Å². The van der Waals surface area contributed by atoms with Crippen LogP contribution < -0.4 is 15.5 Å².